The van der Waals surface area contributed by atoms with Crippen LogP contribution in [0.2, 0.25) is 0 Å². The summed E-state index contributed by atoms with van der Waals surface area (Å²) in [6, 6.07) is 94.0. The average Bonchev–Trinajstić information content (AvgIpc) is 3.92. The fraction of sp³-hybridized carbons (Fsp3) is 0. The van der Waals surface area contributed by atoms with Gasteiger partial charge in [0.2, 0.25) is 0 Å². The molecular formula is C66H42N2. The average molecular weight is 863 g/mol. The molecule has 0 aliphatic rings. The molecule has 0 atom stereocenters. The van der Waals surface area contributed by atoms with Gasteiger partial charge in [0.25, 0.3) is 0 Å². The maximum absolute atomic E-state index is 2.48. The third-order valence-corrected chi connectivity index (χ3v) is 14.3. The summed E-state index contributed by atoms with van der Waals surface area (Å²) in [6.07, 6.45) is 0. The van der Waals surface area contributed by atoms with Crippen molar-refractivity contribution in [2.75, 3.05) is 0 Å². The Morgan fingerprint density at radius 2 is 0.618 bits per heavy atom. The molecule has 2 heteroatoms. The Kier molecular flexibility index (Phi) is 8.62. The topological polar surface area (TPSA) is 9.86 Å². The zero-order chi connectivity index (χ0) is 44.7. The molecule has 0 amide bonds. The van der Waals surface area contributed by atoms with E-state index in [4.69, 9.17) is 0 Å². The van der Waals surface area contributed by atoms with Gasteiger partial charge in [-0.2, -0.15) is 0 Å². The lowest BCUT2D eigenvalue weighted by Gasteiger charge is -2.18. The molecule has 316 valence electrons. The second-order valence-corrected chi connectivity index (χ2v) is 18.0. The standard InChI is InChI=1S/C66H42N2/c1-4-17-43(18-5-1)50-26-14-19-44-33-34-47(41-57(44)50)66-55-29-15-27-51(45-35-37-64-60(39-45)53-24-10-12-31-62(53)67(64)48-20-6-2-7-21-48)58(55)42-59-52(28-16-30-56(59)66)46-36-38-65-61(40-46)54-25-11-13-32-63(54)68(65)49-22-8-3-9-23-49/h1-42H. The van der Waals surface area contributed by atoms with Crippen molar-refractivity contribution in [3.8, 4) is 55.9 Å². The summed E-state index contributed by atoms with van der Waals surface area (Å²) in [4.78, 5) is 0. The van der Waals surface area contributed by atoms with E-state index in [1.807, 2.05) is 0 Å². The normalized spacial score (nSPS) is 11.8. The molecule has 0 unspecified atom stereocenters. The van der Waals surface area contributed by atoms with Gasteiger partial charge in [0.15, 0.2) is 0 Å². The van der Waals surface area contributed by atoms with Gasteiger partial charge in [-0.1, -0.05) is 182 Å². The van der Waals surface area contributed by atoms with Gasteiger partial charge in [-0.05, 0) is 150 Å². The zero-order valence-electron chi connectivity index (χ0n) is 37.1. The lowest BCUT2D eigenvalue weighted by molar-refractivity contribution is 1.18. The fourth-order valence-corrected chi connectivity index (χ4v) is 11.3. The number of aromatic nitrogens is 2. The summed E-state index contributed by atoms with van der Waals surface area (Å²) in [5.74, 6) is 0. The minimum atomic E-state index is 1.16. The van der Waals surface area contributed by atoms with Crippen molar-refractivity contribution in [3.63, 3.8) is 0 Å². The summed E-state index contributed by atoms with van der Waals surface area (Å²) in [7, 11) is 0. The van der Waals surface area contributed by atoms with Crippen molar-refractivity contribution < 1.29 is 0 Å². The smallest absolute Gasteiger partial charge is 0.0541 e. The van der Waals surface area contributed by atoms with Gasteiger partial charge in [-0.3, -0.25) is 0 Å². The minimum Gasteiger partial charge on any atom is -0.309 e. The van der Waals surface area contributed by atoms with E-state index < -0.39 is 0 Å². The lowest BCUT2D eigenvalue weighted by atomic mass is 9.85. The maximum Gasteiger partial charge on any atom is 0.0541 e. The number of nitrogens with zero attached hydrogens (tertiary/aromatic N) is 2. The van der Waals surface area contributed by atoms with Crippen LogP contribution in [0, 0.1) is 0 Å². The summed E-state index contributed by atoms with van der Waals surface area (Å²) in [5.41, 5.74) is 16.9. The maximum atomic E-state index is 2.48. The highest BCUT2D eigenvalue weighted by atomic mass is 15.0. The predicted octanol–water partition coefficient (Wildman–Crippen LogP) is 18.0. The van der Waals surface area contributed by atoms with E-state index in [9.17, 15) is 0 Å². The molecule has 0 fully saturated rings. The van der Waals surface area contributed by atoms with Crippen LogP contribution >= 0.6 is 0 Å². The first-order valence-corrected chi connectivity index (χ1v) is 23.5. The zero-order valence-corrected chi connectivity index (χ0v) is 37.1. The molecule has 2 nitrogen and oxygen atoms in total. The summed E-state index contributed by atoms with van der Waals surface area (Å²) < 4.78 is 4.79. The Balaban J connectivity index is 1.05. The van der Waals surface area contributed by atoms with E-state index in [-0.39, 0.29) is 0 Å². The third-order valence-electron chi connectivity index (χ3n) is 14.3. The van der Waals surface area contributed by atoms with Gasteiger partial charge in [0, 0.05) is 32.9 Å². The first kappa shape index (κ1) is 38.3. The molecule has 68 heavy (non-hydrogen) atoms. The molecule has 0 spiro atoms. The van der Waals surface area contributed by atoms with Crippen molar-refractivity contribution >= 4 is 75.9 Å². The minimum absolute atomic E-state index is 1.16. The molecule has 0 aliphatic heterocycles. The number of benzene rings is 12. The monoisotopic (exact) mass is 862 g/mol. The van der Waals surface area contributed by atoms with E-state index in [2.05, 4.69) is 264 Å². The Bertz CT molecular complexity index is 4080. The molecule has 0 radical (unpaired) electrons. The van der Waals surface area contributed by atoms with E-state index in [0.717, 1.165) is 11.4 Å². The highest BCUT2D eigenvalue weighted by molar-refractivity contribution is 6.21. The quantitative estimate of drug-likeness (QED) is 0.147. The molecule has 14 rings (SSSR count). The number of fused-ring (bicyclic) bond motifs is 9. The first-order valence-electron chi connectivity index (χ1n) is 23.5. The second kappa shape index (κ2) is 15.3. The van der Waals surface area contributed by atoms with Crippen LogP contribution in [0.1, 0.15) is 0 Å². The van der Waals surface area contributed by atoms with E-state index in [1.54, 1.807) is 0 Å². The van der Waals surface area contributed by atoms with Gasteiger partial charge in [0.1, 0.15) is 0 Å². The highest BCUT2D eigenvalue weighted by Gasteiger charge is 2.20. The van der Waals surface area contributed by atoms with Crippen LogP contribution in [0.4, 0.5) is 0 Å². The number of hydrogen-bond donors (Lipinski definition) is 0. The van der Waals surface area contributed by atoms with Gasteiger partial charge < -0.3 is 9.13 Å². The molecule has 2 aromatic heterocycles. The van der Waals surface area contributed by atoms with E-state index in [0.29, 0.717) is 0 Å². The van der Waals surface area contributed by atoms with Gasteiger partial charge in [-0.15, -0.1) is 0 Å². The SMILES string of the molecule is c1ccc(-c2cccc3ccc(-c4c5cccc(-c6ccc7c(c6)c6ccccc6n7-c6ccccc6)c5cc5c(-c6ccc7c(c6)c6ccccc6n7-c6ccccc6)cccc45)cc23)cc1. The molecule has 0 N–H and O–H groups in total. The molecule has 0 saturated heterocycles. The van der Waals surface area contributed by atoms with Gasteiger partial charge >= 0.3 is 0 Å². The van der Waals surface area contributed by atoms with Crippen molar-refractivity contribution in [3.05, 3.63) is 255 Å². The van der Waals surface area contributed by atoms with Gasteiger partial charge in [0.05, 0.1) is 22.1 Å². The second-order valence-electron chi connectivity index (χ2n) is 18.0. The molecule has 12 aromatic carbocycles. The Labute approximate surface area is 393 Å². The van der Waals surface area contributed by atoms with Crippen molar-refractivity contribution in [2.24, 2.45) is 0 Å². The predicted molar refractivity (Wildman–Crippen MR) is 289 cm³/mol. The van der Waals surface area contributed by atoms with Crippen LogP contribution in [-0.2, 0) is 0 Å². The summed E-state index contributed by atoms with van der Waals surface area (Å²) >= 11 is 0. The third kappa shape index (κ3) is 5.91. The number of hydrogen-bond acceptors (Lipinski definition) is 0. The summed E-state index contributed by atoms with van der Waals surface area (Å²) in [6.45, 7) is 0. The van der Waals surface area contributed by atoms with E-state index in [1.165, 1.54) is 120 Å². The number of para-hydroxylation sites is 4. The van der Waals surface area contributed by atoms with Crippen LogP contribution in [0.15, 0.2) is 255 Å². The number of rotatable bonds is 6. The molecule has 14 aromatic rings. The highest BCUT2D eigenvalue weighted by Crippen LogP contribution is 2.46. The largest absolute Gasteiger partial charge is 0.309 e. The van der Waals surface area contributed by atoms with Crippen molar-refractivity contribution in [1.82, 2.24) is 9.13 Å². The fourth-order valence-electron chi connectivity index (χ4n) is 11.3. The van der Waals surface area contributed by atoms with Crippen LogP contribution in [0.5, 0.6) is 0 Å². The molecule has 0 saturated carbocycles. The Hall–Kier alpha value is -8.98. The van der Waals surface area contributed by atoms with Crippen LogP contribution < -0.4 is 0 Å². The van der Waals surface area contributed by atoms with Crippen LogP contribution in [0.25, 0.3) is 132 Å². The van der Waals surface area contributed by atoms with Gasteiger partial charge in [-0.25, -0.2) is 0 Å². The van der Waals surface area contributed by atoms with Crippen molar-refractivity contribution in [2.45, 2.75) is 0 Å². The Morgan fingerprint density at radius 1 is 0.206 bits per heavy atom. The molecule has 0 aliphatic carbocycles. The molecule has 2 heterocycles. The van der Waals surface area contributed by atoms with Crippen molar-refractivity contribution in [1.29, 1.82) is 0 Å². The molecular weight excluding hydrogens is 821 g/mol. The Morgan fingerprint density at radius 3 is 1.16 bits per heavy atom. The first-order chi connectivity index (χ1) is 33.7. The summed E-state index contributed by atoms with van der Waals surface area (Å²) in [5, 5.41) is 12.4. The van der Waals surface area contributed by atoms with E-state index >= 15 is 0 Å². The molecule has 0 bridgehead atoms. The lowest BCUT2D eigenvalue weighted by Crippen LogP contribution is -1.93. The van der Waals surface area contributed by atoms with Crippen LogP contribution in [0.3, 0.4) is 0 Å². The van der Waals surface area contributed by atoms with Crippen LogP contribution in [-0.4, -0.2) is 9.13 Å².